The maximum absolute atomic E-state index is 5.80. The van der Waals surface area contributed by atoms with Crippen molar-refractivity contribution >= 4 is 0 Å². The van der Waals surface area contributed by atoms with E-state index in [1.165, 1.54) is 11.1 Å². The quantitative estimate of drug-likeness (QED) is 0.485. The third-order valence-corrected chi connectivity index (χ3v) is 3.49. The molecule has 0 aliphatic heterocycles. The van der Waals surface area contributed by atoms with E-state index in [2.05, 4.69) is 54.5 Å². The summed E-state index contributed by atoms with van der Waals surface area (Å²) in [6.07, 6.45) is 4.13. The number of para-hydroxylation sites is 1. The van der Waals surface area contributed by atoms with Crippen LogP contribution < -0.4 is 4.74 Å². The molecule has 0 aliphatic rings. The van der Waals surface area contributed by atoms with Crippen molar-refractivity contribution in [2.24, 2.45) is 10.8 Å². The molecule has 1 aromatic rings. The van der Waals surface area contributed by atoms with Crippen molar-refractivity contribution in [3.63, 3.8) is 0 Å². The molecule has 0 saturated carbocycles. The summed E-state index contributed by atoms with van der Waals surface area (Å²) in [7, 11) is 0. The Morgan fingerprint density at radius 1 is 0.900 bits per heavy atom. The van der Waals surface area contributed by atoms with Crippen LogP contribution in [-0.4, -0.2) is 0 Å². The Morgan fingerprint density at radius 2 is 1.45 bits per heavy atom. The van der Waals surface area contributed by atoms with Gasteiger partial charge in [-0.3, -0.25) is 0 Å². The van der Waals surface area contributed by atoms with E-state index in [0.717, 1.165) is 5.75 Å². The fourth-order valence-electron chi connectivity index (χ4n) is 1.51. The average Bonchev–Trinajstić information content (AvgIpc) is 2.32. The molecule has 0 fully saturated rings. The standard InChI is InChI=1S/C19H28O/c1-15(18(2,3)4)13-16(19(5,6)7)14-20-17-11-9-8-10-12-17/h8-14H,1-7H3. The van der Waals surface area contributed by atoms with Crippen molar-refractivity contribution < 1.29 is 4.74 Å². The van der Waals surface area contributed by atoms with Gasteiger partial charge in [-0.1, -0.05) is 71.4 Å². The van der Waals surface area contributed by atoms with E-state index in [1.807, 2.05) is 36.6 Å². The zero-order valence-electron chi connectivity index (χ0n) is 13.9. The number of hydrogen-bond acceptors (Lipinski definition) is 1. The Hall–Kier alpha value is -1.50. The molecule has 0 bridgehead atoms. The zero-order chi connectivity index (χ0) is 15.4. The second-order valence-electron chi connectivity index (χ2n) is 7.33. The molecule has 0 spiro atoms. The molecule has 0 radical (unpaired) electrons. The average molecular weight is 272 g/mol. The highest BCUT2D eigenvalue weighted by Crippen LogP contribution is 2.32. The van der Waals surface area contributed by atoms with Crippen molar-refractivity contribution in [2.45, 2.75) is 48.5 Å². The lowest BCUT2D eigenvalue weighted by molar-refractivity contribution is 0.437. The lowest BCUT2D eigenvalue weighted by atomic mass is 9.81. The lowest BCUT2D eigenvalue weighted by Crippen LogP contribution is -2.12. The third-order valence-electron chi connectivity index (χ3n) is 3.49. The summed E-state index contributed by atoms with van der Waals surface area (Å²) in [5.74, 6) is 0.871. The summed E-state index contributed by atoms with van der Waals surface area (Å²) >= 11 is 0. The molecule has 1 rings (SSSR count). The largest absolute Gasteiger partial charge is 0.465 e. The van der Waals surface area contributed by atoms with Gasteiger partial charge in [-0.25, -0.2) is 0 Å². The van der Waals surface area contributed by atoms with Gasteiger partial charge in [-0.05, 0) is 35.5 Å². The van der Waals surface area contributed by atoms with Gasteiger partial charge in [0.15, 0.2) is 0 Å². The van der Waals surface area contributed by atoms with E-state index in [4.69, 9.17) is 4.74 Å². The topological polar surface area (TPSA) is 9.23 Å². The van der Waals surface area contributed by atoms with Crippen LogP contribution in [0.25, 0.3) is 0 Å². The maximum atomic E-state index is 5.80. The van der Waals surface area contributed by atoms with Gasteiger partial charge >= 0.3 is 0 Å². The molecule has 1 nitrogen and oxygen atoms in total. The van der Waals surface area contributed by atoms with Gasteiger partial charge < -0.3 is 4.74 Å². The Balaban J connectivity index is 3.03. The first-order valence-corrected chi connectivity index (χ1v) is 7.22. The fraction of sp³-hybridized carbons (Fsp3) is 0.474. The summed E-state index contributed by atoms with van der Waals surface area (Å²) in [5.41, 5.74) is 2.79. The summed E-state index contributed by atoms with van der Waals surface area (Å²) < 4.78 is 5.80. The predicted octanol–water partition coefficient (Wildman–Crippen LogP) is 5.99. The molecule has 0 amide bonds. The number of allylic oxidation sites excluding steroid dienone is 3. The highest BCUT2D eigenvalue weighted by atomic mass is 16.5. The SMILES string of the molecule is CC(=CC(=COc1ccccc1)C(C)(C)C)C(C)(C)C. The van der Waals surface area contributed by atoms with Gasteiger partial charge in [-0.15, -0.1) is 0 Å². The first kappa shape index (κ1) is 16.6. The first-order valence-electron chi connectivity index (χ1n) is 7.22. The summed E-state index contributed by atoms with van der Waals surface area (Å²) in [4.78, 5) is 0. The minimum atomic E-state index is 0.0568. The lowest BCUT2D eigenvalue weighted by Gasteiger charge is -2.25. The third kappa shape index (κ3) is 5.24. The van der Waals surface area contributed by atoms with Gasteiger partial charge in [0.25, 0.3) is 0 Å². The smallest absolute Gasteiger partial charge is 0.126 e. The van der Waals surface area contributed by atoms with Crippen LogP contribution in [0.1, 0.15) is 48.5 Å². The zero-order valence-corrected chi connectivity index (χ0v) is 13.9. The van der Waals surface area contributed by atoms with Crippen molar-refractivity contribution in [3.05, 3.63) is 53.8 Å². The van der Waals surface area contributed by atoms with Gasteiger partial charge in [-0.2, -0.15) is 0 Å². The molecule has 1 heteroatoms. The minimum Gasteiger partial charge on any atom is -0.465 e. The Morgan fingerprint density at radius 3 is 1.90 bits per heavy atom. The number of benzene rings is 1. The van der Waals surface area contributed by atoms with E-state index < -0.39 is 0 Å². The van der Waals surface area contributed by atoms with Gasteiger partial charge in [0.1, 0.15) is 5.75 Å². The summed E-state index contributed by atoms with van der Waals surface area (Å²) in [6.45, 7) is 15.5. The van der Waals surface area contributed by atoms with Crippen LogP contribution in [0.2, 0.25) is 0 Å². The van der Waals surface area contributed by atoms with Crippen LogP contribution in [0.4, 0.5) is 0 Å². The van der Waals surface area contributed by atoms with Crippen LogP contribution >= 0.6 is 0 Å². The van der Waals surface area contributed by atoms with E-state index >= 15 is 0 Å². The molecule has 0 atom stereocenters. The molecular formula is C19H28O. The van der Waals surface area contributed by atoms with Gasteiger partial charge in [0, 0.05) is 0 Å². The van der Waals surface area contributed by atoms with Gasteiger partial charge in [0.05, 0.1) is 6.26 Å². The van der Waals surface area contributed by atoms with E-state index in [9.17, 15) is 0 Å². The van der Waals surface area contributed by atoms with Crippen LogP contribution in [-0.2, 0) is 0 Å². The van der Waals surface area contributed by atoms with Crippen LogP contribution in [0.15, 0.2) is 53.8 Å². The highest BCUT2D eigenvalue weighted by molar-refractivity contribution is 5.30. The van der Waals surface area contributed by atoms with Crippen molar-refractivity contribution in [1.82, 2.24) is 0 Å². The second-order valence-corrected chi connectivity index (χ2v) is 7.33. The Bertz CT molecular complexity index is 479. The number of hydrogen-bond donors (Lipinski definition) is 0. The van der Waals surface area contributed by atoms with Crippen molar-refractivity contribution in [2.75, 3.05) is 0 Å². The fourth-order valence-corrected chi connectivity index (χ4v) is 1.51. The van der Waals surface area contributed by atoms with Crippen LogP contribution in [0, 0.1) is 10.8 Å². The maximum Gasteiger partial charge on any atom is 0.126 e. The molecule has 0 unspecified atom stereocenters. The van der Waals surface area contributed by atoms with Crippen molar-refractivity contribution in [3.8, 4) is 5.75 Å². The highest BCUT2D eigenvalue weighted by Gasteiger charge is 2.19. The summed E-state index contributed by atoms with van der Waals surface area (Å²) in [5, 5.41) is 0. The number of ether oxygens (including phenoxy) is 1. The Kier molecular flexibility index (Phi) is 5.21. The first-order chi connectivity index (χ1) is 9.10. The van der Waals surface area contributed by atoms with Gasteiger partial charge in [0.2, 0.25) is 0 Å². The van der Waals surface area contributed by atoms with E-state index in [-0.39, 0.29) is 10.8 Å². The molecule has 0 aromatic heterocycles. The van der Waals surface area contributed by atoms with Crippen molar-refractivity contribution in [1.29, 1.82) is 0 Å². The molecular weight excluding hydrogens is 244 g/mol. The molecule has 0 aliphatic carbocycles. The molecule has 110 valence electrons. The monoisotopic (exact) mass is 272 g/mol. The van der Waals surface area contributed by atoms with E-state index in [1.54, 1.807) is 0 Å². The number of rotatable bonds is 3. The van der Waals surface area contributed by atoms with E-state index in [0.29, 0.717) is 0 Å². The minimum absolute atomic E-state index is 0.0568. The summed E-state index contributed by atoms with van der Waals surface area (Å²) in [6, 6.07) is 9.89. The Labute approximate surface area is 124 Å². The second kappa shape index (κ2) is 6.30. The normalized spacial score (nSPS) is 14.3. The molecule has 1 aromatic carbocycles. The van der Waals surface area contributed by atoms with Crippen LogP contribution in [0.5, 0.6) is 5.75 Å². The predicted molar refractivity (Wildman–Crippen MR) is 87.8 cm³/mol. The molecule has 0 saturated heterocycles. The van der Waals surface area contributed by atoms with Crippen LogP contribution in [0.3, 0.4) is 0 Å². The molecule has 0 heterocycles. The molecule has 0 N–H and O–H groups in total. The molecule has 20 heavy (non-hydrogen) atoms.